The Morgan fingerprint density at radius 2 is 1.81 bits per heavy atom. The van der Waals surface area contributed by atoms with Crippen LogP contribution in [-0.4, -0.2) is 68.1 Å². The van der Waals surface area contributed by atoms with E-state index in [-0.39, 0.29) is 56.9 Å². The van der Waals surface area contributed by atoms with Crippen molar-refractivity contribution in [2.75, 3.05) is 19.7 Å². The summed E-state index contributed by atoms with van der Waals surface area (Å²) >= 11 is 0. The van der Waals surface area contributed by atoms with Crippen molar-refractivity contribution in [1.29, 1.82) is 0 Å². The number of aliphatic hydroxyl groups excluding tert-OH is 1. The zero-order valence-electron chi connectivity index (χ0n) is 19.6. The Morgan fingerprint density at radius 3 is 2.49 bits per heavy atom. The highest BCUT2D eigenvalue weighted by Gasteiger charge is 2.43. The summed E-state index contributed by atoms with van der Waals surface area (Å²) in [4.78, 5) is 32.1. The molecule has 202 valence electrons. The van der Waals surface area contributed by atoms with Gasteiger partial charge >= 0.3 is 6.18 Å². The highest BCUT2D eigenvalue weighted by atomic mass is 19.4. The third-order valence-corrected chi connectivity index (χ3v) is 6.67. The average Bonchev–Trinajstić information content (AvgIpc) is 3.46. The topological polar surface area (TPSA) is 105 Å². The van der Waals surface area contributed by atoms with Gasteiger partial charge in [-0.15, -0.1) is 0 Å². The summed E-state index contributed by atoms with van der Waals surface area (Å²) in [5, 5.41) is 9.53. The molecule has 4 rings (SSSR count). The standard InChI is InChI=1S/C23H25F6N5O3/c24-15-9-17(26)16(25)7-12(15)6-13(30)8-19(36)32-4-5-34-18(10-32)20(31-22(34)23(27,28)29)21(37)33-3-1-2-14(33)11-35/h7,9,13-14,35H,1-6,8,10-11,30H2/t13-,14?/m1/s1. The molecule has 14 heteroatoms. The second kappa shape index (κ2) is 10.3. The number of hydrogen-bond donors (Lipinski definition) is 2. The summed E-state index contributed by atoms with van der Waals surface area (Å²) in [5.41, 5.74) is 5.20. The zero-order chi connectivity index (χ0) is 27.1. The lowest BCUT2D eigenvalue weighted by Crippen LogP contribution is -2.43. The van der Waals surface area contributed by atoms with Crippen LogP contribution in [0.5, 0.6) is 0 Å². The number of nitrogens with zero attached hydrogens (tertiary/aromatic N) is 4. The molecule has 0 aliphatic carbocycles. The Balaban J connectivity index is 1.53. The minimum Gasteiger partial charge on any atom is -0.394 e. The van der Waals surface area contributed by atoms with Crippen LogP contribution >= 0.6 is 0 Å². The fourth-order valence-electron chi connectivity index (χ4n) is 4.83. The van der Waals surface area contributed by atoms with Crippen LogP contribution in [0.4, 0.5) is 26.3 Å². The van der Waals surface area contributed by atoms with Crippen LogP contribution in [0.15, 0.2) is 12.1 Å². The summed E-state index contributed by atoms with van der Waals surface area (Å²) in [6.07, 6.45) is -4.37. The summed E-state index contributed by atoms with van der Waals surface area (Å²) in [7, 11) is 0. The highest BCUT2D eigenvalue weighted by Crippen LogP contribution is 2.33. The number of carbonyl (C=O) groups is 2. The molecule has 3 N–H and O–H groups in total. The van der Waals surface area contributed by atoms with Crippen LogP contribution in [-0.2, 0) is 30.5 Å². The first-order valence-electron chi connectivity index (χ1n) is 11.7. The van der Waals surface area contributed by atoms with Crippen molar-refractivity contribution in [3.05, 3.63) is 52.4 Å². The van der Waals surface area contributed by atoms with E-state index in [1.165, 1.54) is 9.80 Å². The molecular weight excluding hydrogens is 508 g/mol. The lowest BCUT2D eigenvalue weighted by Gasteiger charge is -2.31. The van der Waals surface area contributed by atoms with Crippen molar-refractivity contribution < 1.29 is 41.0 Å². The normalized spacial score (nSPS) is 18.8. The number of rotatable bonds is 6. The van der Waals surface area contributed by atoms with Gasteiger partial charge in [-0.3, -0.25) is 9.59 Å². The predicted molar refractivity (Wildman–Crippen MR) is 116 cm³/mol. The molecule has 8 nitrogen and oxygen atoms in total. The fourth-order valence-corrected chi connectivity index (χ4v) is 4.83. The predicted octanol–water partition coefficient (Wildman–Crippen LogP) is 2.22. The van der Waals surface area contributed by atoms with E-state index in [2.05, 4.69) is 4.98 Å². The third-order valence-electron chi connectivity index (χ3n) is 6.67. The van der Waals surface area contributed by atoms with Gasteiger partial charge in [0, 0.05) is 38.2 Å². The number of hydrogen-bond acceptors (Lipinski definition) is 5. The molecule has 2 aliphatic rings. The summed E-state index contributed by atoms with van der Waals surface area (Å²) < 4.78 is 82.4. The van der Waals surface area contributed by atoms with Crippen LogP contribution in [0.3, 0.4) is 0 Å². The van der Waals surface area contributed by atoms with Crippen molar-refractivity contribution in [3.8, 4) is 0 Å². The molecule has 2 aliphatic heterocycles. The SMILES string of the molecule is N[C@@H](CC(=O)N1CCn2c(C(F)(F)F)nc(C(=O)N3CCCC3CO)c2C1)Cc1cc(F)c(F)cc1F. The molecule has 1 saturated heterocycles. The summed E-state index contributed by atoms with van der Waals surface area (Å²) in [6, 6.07) is -0.484. The minimum absolute atomic E-state index is 0.0827. The number of nitrogens with two attached hydrogens (primary N) is 1. The van der Waals surface area contributed by atoms with E-state index in [1.807, 2.05) is 0 Å². The number of benzene rings is 1. The Bertz CT molecular complexity index is 1200. The van der Waals surface area contributed by atoms with Gasteiger partial charge in [0.15, 0.2) is 17.3 Å². The smallest absolute Gasteiger partial charge is 0.394 e. The Kier molecular flexibility index (Phi) is 7.51. The molecule has 3 heterocycles. The van der Waals surface area contributed by atoms with Crippen molar-refractivity contribution in [3.63, 3.8) is 0 Å². The molecular formula is C23H25F6N5O3. The van der Waals surface area contributed by atoms with E-state index < -0.39 is 59.0 Å². The average molecular weight is 533 g/mol. The summed E-state index contributed by atoms with van der Waals surface area (Å²) in [5.74, 6) is -6.21. The van der Waals surface area contributed by atoms with Crippen LogP contribution in [0.25, 0.3) is 0 Å². The molecule has 0 bridgehead atoms. The molecule has 2 aromatic rings. The van der Waals surface area contributed by atoms with E-state index in [0.29, 0.717) is 25.0 Å². The van der Waals surface area contributed by atoms with Gasteiger partial charge in [0.05, 0.1) is 24.9 Å². The van der Waals surface area contributed by atoms with Gasteiger partial charge in [-0.2, -0.15) is 13.2 Å². The first kappa shape index (κ1) is 26.9. The number of aliphatic hydroxyl groups is 1. The maximum atomic E-state index is 13.9. The van der Waals surface area contributed by atoms with Gasteiger partial charge in [-0.1, -0.05) is 0 Å². The fraction of sp³-hybridized carbons (Fsp3) is 0.522. The first-order chi connectivity index (χ1) is 17.4. The van der Waals surface area contributed by atoms with E-state index in [1.54, 1.807) is 0 Å². The molecule has 2 amide bonds. The molecule has 1 fully saturated rings. The maximum Gasteiger partial charge on any atom is 0.449 e. The highest BCUT2D eigenvalue weighted by molar-refractivity contribution is 5.94. The molecule has 0 saturated carbocycles. The van der Waals surface area contributed by atoms with Crippen molar-refractivity contribution in [1.82, 2.24) is 19.4 Å². The molecule has 1 unspecified atom stereocenters. The number of fused-ring (bicyclic) bond motifs is 1. The number of imidazole rings is 1. The Hall–Kier alpha value is -3.13. The summed E-state index contributed by atoms with van der Waals surface area (Å²) in [6.45, 7) is -0.807. The second-order valence-electron chi connectivity index (χ2n) is 9.20. The largest absolute Gasteiger partial charge is 0.449 e. The number of aromatic nitrogens is 2. The number of amides is 2. The molecule has 1 aromatic heterocycles. The van der Waals surface area contributed by atoms with Crippen LogP contribution in [0.2, 0.25) is 0 Å². The molecule has 1 aromatic carbocycles. The Morgan fingerprint density at radius 1 is 1.11 bits per heavy atom. The van der Waals surface area contributed by atoms with Crippen molar-refractivity contribution in [2.45, 2.75) is 57.0 Å². The third kappa shape index (κ3) is 5.44. The Labute approximate surface area is 207 Å². The zero-order valence-corrected chi connectivity index (χ0v) is 19.6. The lowest BCUT2D eigenvalue weighted by molar-refractivity contribution is -0.148. The van der Waals surface area contributed by atoms with E-state index in [4.69, 9.17) is 5.73 Å². The molecule has 2 atom stereocenters. The molecule has 37 heavy (non-hydrogen) atoms. The molecule has 0 spiro atoms. The van der Waals surface area contributed by atoms with Gasteiger partial charge in [0.25, 0.3) is 5.91 Å². The van der Waals surface area contributed by atoms with Gasteiger partial charge in [0.2, 0.25) is 11.7 Å². The van der Waals surface area contributed by atoms with Crippen molar-refractivity contribution in [2.24, 2.45) is 5.73 Å². The van der Waals surface area contributed by atoms with Crippen molar-refractivity contribution >= 4 is 11.8 Å². The van der Waals surface area contributed by atoms with Crippen LogP contribution in [0, 0.1) is 17.5 Å². The number of likely N-dealkylation sites (tertiary alicyclic amines) is 1. The first-order valence-corrected chi connectivity index (χ1v) is 11.7. The number of halogens is 6. The number of alkyl halides is 3. The van der Waals surface area contributed by atoms with Crippen LogP contribution < -0.4 is 5.73 Å². The van der Waals surface area contributed by atoms with Gasteiger partial charge in [-0.25, -0.2) is 18.2 Å². The van der Waals surface area contributed by atoms with E-state index >= 15 is 0 Å². The van der Waals surface area contributed by atoms with Gasteiger partial charge < -0.3 is 25.2 Å². The van der Waals surface area contributed by atoms with Crippen LogP contribution in [0.1, 0.15) is 46.8 Å². The van der Waals surface area contributed by atoms with Gasteiger partial charge in [0.1, 0.15) is 5.82 Å². The van der Waals surface area contributed by atoms with E-state index in [9.17, 15) is 41.0 Å². The monoisotopic (exact) mass is 533 g/mol. The minimum atomic E-state index is -4.84. The lowest BCUT2D eigenvalue weighted by atomic mass is 10.0. The quantitative estimate of drug-likeness (QED) is 0.438. The molecule has 0 radical (unpaired) electrons. The second-order valence-corrected chi connectivity index (χ2v) is 9.20. The number of carbonyl (C=O) groups excluding carboxylic acids is 2. The maximum absolute atomic E-state index is 13.9. The van der Waals surface area contributed by atoms with Gasteiger partial charge in [-0.05, 0) is 30.9 Å². The van der Waals surface area contributed by atoms with E-state index in [0.717, 1.165) is 4.57 Å².